The van der Waals surface area contributed by atoms with E-state index in [1.54, 1.807) is 25.4 Å². The van der Waals surface area contributed by atoms with Crippen molar-refractivity contribution in [3.63, 3.8) is 0 Å². The van der Waals surface area contributed by atoms with Gasteiger partial charge >= 0.3 is 0 Å². The van der Waals surface area contributed by atoms with Crippen LogP contribution in [0.1, 0.15) is 61.7 Å². The van der Waals surface area contributed by atoms with Gasteiger partial charge in [-0.1, -0.05) is 25.7 Å². The lowest BCUT2D eigenvalue weighted by molar-refractivity contribution is -0.128. The van der Waals surface area contributed by atoms with E-state index in [0.29, 0.717) is 18.0 Å². The zero-order valence-electron chi connectivity index (χ0n) is 15.6. The fourth-order valence-corrected chi connectivity index (χ4v) is 4.10. The molecular weight excluding hydrogens is 330 g/mol. The van der Waals surface area contributed by atoms with Gasteiger partial charge in [-0.05, 0) is 31.7 Å². The van der Waals surface area contributed by atoms with Crippen molar-refractivity contribution in [3.8, 4) is 5.88 Å². The quantitative estimate of drug-likeness (QED) is 0.881. The van der Waals surface area contributed by atoms with Crippen LogP contribution in [0.15, 0.2) is 18.3 Å². The van der Waals surface area contributed by atoms with Crippen LogP contribution in [0.3, 0.4) is 0 Å². The second-order valence-electron chi connectivity index (χ2n) is 7.25. The molecule has 3 rings (SSSR count). The number of amides is 2. The van der Waals surface area contributed by atoms with Gasteiger partial charge in [0.2, 0.25) is 11.8 Å². The van der Waals surface area contributed by atoms with Crippen molar-refractivity contribution in [2.75, 3.05) is 20.2 Å². The molecule has 2 atom stereocenters. The smallest absolute Gasteiger partial charge is 0.255 e. The van der Waals surface area contributed by atoms with Crippen LogP contribution in [0.4, 0.5) is 0 Å². The van der Waals surface area contributed by atoms with Crippen LogP contribution in [-0.2, 0) is 4.79 Å². The Hall–Kier alpha value is -2.11. The number of hydrogen-bond acceptors (Lipinski definition) is 4. The highest BCUT2D eigenvalue weighted by atomic mass is 16.5. The van der Waals surface area contributed by atoms with E-state index in [-0.39, 0.29) is 23.8 Å². The zero-order chi connectivity index (χ0) is 18.4. The number of fused-ring (bicyclic) bond motifs is 1. The molecule has 2 fully saturated rings. The second kappa shape index (κ2) is 9.01. The van der Waals surface area contributed by atoms with Crippen LogP contribution >= 0.6 is 0 Å². The summed E-state index contributed by atoms with van der Waals surface area (Å²) in [7, 11) is 1.56. The van der Waals surface area contributed by atoms with E-state index in [1.807, 2.05) is 4.90 Å². The number of methoxy groups -OCH3 is 1. The number of ether oxygens (including phenoxy) is 1. The standard InChI is InChI=1S/C20H29N3O3/c1-26-18-11-10-15(14-22-18)20(25)23-13-7-3-2-6-12-21-19(24)16-8-4-5-9-17(16)23/h10-11,14,16-17H,2-9,12-13H2,1H3,(H,21,24). The van der Waals surface area contributed by atoms with Crippen LogP contribution in [0, 0.1) is 5.92 Å². The lowest BCUT2D eigenvalue weighted by atomic mass is 9.82. The number of rotatable bonds is 2. The number of pyridine rings is 1. The number of aromatic nitrogens is 1. The summed E-state index contributed by atoms with van der Waals surface area (Å²) < 4.78 is 5.09. The summed E-state index contributed by atoms with van der Waals surface area (Å²) in [4.78, 5) is 32.0. The number of carbonyl (C=O) groups is 2. The number of carbonyl (C=O) groups excluding carboxylic acids is 2. The number of hydrogen-bond donors (Lipinski definition) is 1. The summed E-state index contributed by atoms with van der Waals surface area (Å²) in [5, 5.41) is 3.09. The summed E-state index contributed by atoms with van der Waals surface area (Å²) in [6.45, 7) is 1.46. The molecule has 26 heavy (non-hydrogen) atoms. The third-order valence-corrected chi connectivity index (χ3v) is 5.54. The van der Waals surface area contributed by atoms with Crippen molar-refractivity contribution in [1.82, 2.24) is 15.2 Å². The Morgan fingerprint density at radius 3 is 2.73 bits per heavy atom. The van der Waals surface area contributed by atoms with Gasteiger partial charge in [0, 0.05) is 31.4 Å². The molecule has 1 aliphatic carbocycles. The normalized spacial score (nSPS) is 24.8. The molecule has 1 aromatic rings. The van der Waals surface area contributed by atoms with Gasteiger partial charge in [-0.25, -0.2) is 4.98 Å². The van der Waals surface area contributed by atoms with E-state index in [2.05, 4.69) is 10.3 Å². The highest BCUT2D eigenvalue weighted by Gasteiger charge is 2.37. The van der Waals surface area contributed by atoms with Gasteiger partial charge in [-0.15, -0.1) is 0 Å². The molecule has 1 saturated carbocycles. The molecule has 2 unspecified atom stereocenters. The Morgan fingerprint density at radius 2 is 1.96 bits per heavy atom. The molecule has 2 amide bonds. The third kappa shape index (κ3) is 4.34. The molecule has 1 aliphatic heterocycles. The van der Waals surface area contributed by atoms with Gasteiger partial charge in [0.1, 0.15) is 0 Å². The van der Waals surface area contributed by atoms with Gasteiger partial charge in [-0.3, -0.25) is 9.59 Å². The zero-order valence-corrected chi connectivity index (χ0v) is 15.6. The van der Waals surface area contributed by atoms with Crippen LogP contribution in [0.2, 0.25) is 0 Å². The van der Waals surface area contributed by atoms with Crippen LogP contribution in [0.25, 0.3) is 0 Å². The summed E-state index contributed by atoms with van der Waals surface area (Å²) in [5.74, 6) is 0.484. The molecule has 1 saturated heterocycles. The average molecular weight is 359 g/mol. The topological polar surface area (TPSA) is 71.5 Å². The van der Waals surface area contributed by atoms with E-state index in [0.717, 1.165) is 57.9 Å². The van der Waals surface area contributed by atoms with Crippen molar-refractivity contribution in [3.05, 3.63) is 23.9 Å². The molecule has 2 aliphatic rings. The van der Waals surface area contributed by atoms with Gasteiger partial charge in [0.15, 0.2) is 0 Å². The minimum Gasteiger partial charge on any atom is -0.481 e. The summed E-state index contributed by atoms with van der Waals surface area (Å²) in [6, 6.07) is 3.46. The fraction of sp³-hybridized carbons (Fsp3) is 0.650. The van der Waals surface area contributed by atoms with E-state index in [1.165, 1.54) is 0 Å². The maximum Gasteiger partial charge on any atom is 0.255 e. The van der Waals surface area contributed by atoms with Gasteiger partial charge in [0.25, 0.3) is 5.91 Å². The molecule has 142 valence electrons. The monoisotopic (exact) mass is 359 g/mol. The fourth-order valence-electron chi connectivity index (χ4n) is 4.10. The summed E-state index contributed by atoms with van der Waals surface area (Å²) in [6.07, 6.45) is 9.62. The van der Waals surface area contributed by atoms with Gasteiger partial charge in [0.05, 0.1) is 18.6 Å². The molecule has 6 heteroatoms. The van der Waals surface area contributed by atoms with Crippen molar-refractivity contribution >= 4 is 11.8 Å². The van der Waals surface area contributed by atoms with E-state index < -0.39 is 0 Å². The highest BCUT2D eigenvalue weighted by Crippen LogP contribution is 2.30. The van der Waals surface area contributed by atoms with E-state index >= 15 is 0 Å². The predicted molar refractivity (Wildman–Crippen MR) is 99.0 cm³/mol. The van der Waals surface area contributed by atoms with Gasteiger partial charge < -0.3 is 15.0 Å². The average Bonchev–Trinajstić information content (AvgIpc) is 2.72. The van der Waals surface area contributed by atoms with Gasteiger partial charge in [-0.2, -0.15) is 0 Å². The predicted octanol–water partition coefficient (Wildman–Crippen LogP) is 2.78. The molecule has 0 bridgehead atoms. The molecule has 6 nitrogen and oxygen atoms in total. The largest absolute Gasteiger partial charge is 0.481 e. The Morgan fingerprint density at radius 1 is 1.15 bits per heavy atom. The number of nitrogens with one attached hydrogen (secondary N) is 1. The van der Waals surface area contributed by atoms with Crippen molar-refractivity contribution in [2.24, 2.45) is 5.92 Å². The molecule has 0 aromatic carbocycles. The summed E-state index contributed by atoms with van der Waals surface area (Å²) in [5.41, 5.74) is 0.561. The first-order valence-corrected chi connectivity index (χ1v) is 9.79. The molecule has 1 N–H and O–H groups in total. The van der Waals surface area contributed by atoms with E-state index in [9.17, 15) is 9.59 Å². The first-order valence-electron chi connectivity index (χ1n) is 9.79. The van der Waals surface area contributed by atoms with Crippen molar-refractivity contribution < 1.29 is 14.3 Å². The molecule has 2 heterocycles. The lowest BCUT2D eigenvalue weighted by Crippen LogP contribution is -2.51. The van der Waals surface area contributed by atoms with Crippen LogP contribution in [0.5, 0.6) is 5.88 Å². The van der Waals surface area contributed by atoms with Crippen molar-refractivity contribution in [2.45, 2.75) is 57.4 Å². The SMILES string of the molecule is COc1ccc(C(=O)N2CCCCCCNC(=O)C3CCCCC32)cn1. The van der Waals surface area contributed by atoms with Crippen LogP contribution < -0.4 is 10.1 Å². The minimum atomic E-state index is -0.1000. The Bertz CT molecular complexity index is 617. The first-order chi connectivity index (χ1) is 12.7. The molecule has 0 spiro atoms. The lowest BCUT2D eigenvalue weighted by Gasteiger charge is -2.39. The molecular formula is C20H29N3O3. The molecule has 1 aromatic heterocycles. The first kappa shape index (κ1) is 18.7. The number of nitrogens with zero attached hydrogens (tertiary/aromatic N) is 2. The third-order valence-electron chi connectivity index (χ3n) is 5.54. The Labute approximate surface area is 155 Å². The maximum absolute atomic E-state index is 13.2. The Balaban J connectivity index is 1.85. The van der Waals surface area contributed by atoms with Crippen molar-refractivity contribution in [1.29, 1.82) is 0 Å². The Kier molecular flexibility index (Phi) is 6.47. The minimum absolute atomic E-state index is 0.0172. The maximum atomic E-state index is 13.2. The molecule has 0 radical (unpaired) electrons. The van der Waals surface area contributed by atoms with E-state index in [4.69, 9.17) is 4.74 Å². The highest BCUT2D eigenvalue weighted by molar-refractivity contribution is 5.94. The summed E-state index contributed by atoms with van der Waals surface area (Å²) >= 11 is 0. The second-order valence-corrected chi connectivity index (χ2v) is 7.25. The van der Waals surface area contributed by atoms with Crippen LogP contribution in [-0.4, -0.2) is 47.9 Å².